The van der Waals surface area contributed by atoms with Gasteiger partial charge in [0.15, 0.2) is 11.5 Å². The lowest BCUT2D eigenvalue weighted by Crippen LogP contribution is -2.18. The van der Waals surface area contributed by atoms with Gasteiger partial charge >= 0.3 is 0 Å². The number of nitrogens with zero attached hydrogens (tertiary/aromatic N) is 2. The highest BCUT2D eigenvalue weighted by atomic mass is 16.7. The summed E-state index contributed by atoms with van der Waals surface area (Å²) in [6.07, 6.45) is 4.39. The molecule has 1 atom stereocenters. The number of fused-ring (bicyclic) bond motifs is 2. The first-order chi connectivity index (χ1) is 15.3. The Morgan fingerprint density at radius 2 is 1.77 bits per heavy atom. The molecule has 4 aromatic rings. The predicted octanol–water partition coefficient (Wildman–Crippen LogP) is 5.05. The number of hydrogen-bond acceptors (Lipinski definition) is 4. The molecule has 1 aliphatic heterocycles. The molecule has 2 aliphatic rings. The van der Waals surface area contributed by atoms with Crippen molar-refractivity contribution in [1.82, 2.24) is 15.1 Å². The number of para-hydroxylation sites is 1. The fourth-order valence-electron chi connectivity index (χ4n) is 4.54. The molecule has 1 unspecified atom stereocenters. The molecule has 0 spiro atoms. The third-order valence-electron chi connectivity index (χ3n) is 6.13. The van der Waals surface area contributed by atoms with E-state index in [4.69, 9.17) is 14.6 Å². The molecule has 0 radical (unpaired) electrons. The molecule has 1 N–H and O–H groups in total. The largest absolute Gasteiger partial charge is 0.454 e. The highest BCUT2D eigenvalue weighted by Gasteiger charge is 2.23. The third kappa shape index (κ3) is 3.37. The summed E-state index contributed by atoms with van der Waals surface area (Å²) in [5.74, 6) is 1.56. The smallest absolute Gasteiger partial charge is 0.231 e. The molecule has 5 nitrogen and oxygen atoms in total. The van der Waals surface area contributed by atoms with Crippen molar-refractivity contribution in [3.05, 3.63) is 95.7 Å². The van der Waals surface area contributed by atoms with Crippen LogP contribution >= 0.6 is 0 Å². The number of benzene rings is 3. The molecule has 154 valence electrons. The summed E-state index contributed by atoms with van der Waals surface area (Å²) in [7, 11) is 0. The lowest BCUT2D eigenvalue weighted by atomic mass is 10.1. The first-order valence-electron chi connectivity index (χ1n) is 10.7. The quantitative estimate of drug-likeness (QED) is 0.501. The van der Waals surface area contributed by atoms with Gasteiger partial charge in [0.25, 0.3) is 0 Å². The van der Waals surface area contributed by atoms with Gasteiger partial charge < -0.3 is 14.8 Å². The number of aromatic nitrogens is 2. The minimum Gasteiger partial charge on any atom is -0.454 e. The number of ether oxygens (including phenoxy) is 2. The van der Waals surface area contributed by atoms with Crippen molar-refractivity contribution in [2.75, 3.05) is 6.79 Å². The minimum atomic E-state index is 0.271. The first kappa shape index (κ1) is 18.2. The molecule has 0 saturated carbocycles. The van der Waals surface area contributed by atoms with Crippen molar-refractivity contribution in [2.45, 2.75) is 25.4 Å². The van der Waals surface area contributed by atoms with E-state index < -0.39 is 0 Å². The van der Waals surface area contributed by atoms with Gasteiger partial charge in [-0.1, -0.05) is 42.5 Å². The standard InChI is InChI=1S/C26H23N3O2/c1-2-7-21(8-3-1)29-16-20(15-27-23-12-10-18-6-4-5-9-22(18)23)26(28-29)19-11-13-24-25(14-19)31-17-30-24/h1-9,11,13-14,16,23,27H,10,12,15,17H2. The van der Waals surface area contributed by atoms with Crippen LogP contribution in [0.3, 0.4) is 0 Å². The van der Waals surface area contributed by atoms with Gasteiger partial charge in [-0.2, -0.15) is 5.10 Å². The summed E-state index contributed by atoms with van der Waals surface area (Å²) in [4.78, 5) is 0. The Hall–Kier alpha value is -3.57. The zero-order chi connectivity index (χ0) is 20.6. The van der Waals surface area contributed by atoms with Gasteiger partial charge in [-0.25, -0.2) is 4.68 Å². The van der Waals surface area contributed by atoms with Crippen LogP contribution in [0.1, 0.15) is 29.2 Å². The van der Waals surface area contributed by atoms with Crippen LogP contribution < -0.4 is 14.8 Å². The Balaban J connectivity index is 1.34. The van der Waals surface area contributed by atoms with Crippen LogP contribution in [0.25, 0.3) is 16.9 Å². The van der Waals surface area contributed by atoms with E-state index in [2.05, 4.69) is 54.0 Å². The van der Waals surface area contributed by atoms with Gasteiger partial charge in [0, 0.05) is 29.9 Å². The fraction of sp³-hybridized carbons (Fsp3) is 0.192. The van der Waals surface area contributed by atoms with Crippen molar-refractivity contribution >= 4 is 0 Å². The Labute approximate surface area is 181 Å². The number of nitrogens with one attached hydrogen (secondary N) is 1. The number of hydrogen-bond donors (Lipinski definition) is 1. The van der Waals surface area contributed by atoms with Crippen LogP contribution in [0.5, 0.6) is 11.5 Å². The lowest BCUT2D eigenvalue weighted by molar-refractivity contribution is 0.174. The normalized spacial score (nSPS) is 16.5. The summed E-state index contributed by atoms with van der Waals surface area (Å²) < 4.78 is 13.0. The molecule has 0 amide bonds. The van der Waals surface area contributed by atoms with E-state index in [1.165, 1.54) is 11.1 Å². The molecule has 0 saturated heterocycles. The second-order valence-electron chi connectivity index (χ2n) is 8.02. The molecular weight excluding hydrogens is 386 g/mol. The van der Waals surface area contributed by atoms with E-state index in [1.807, 2.05) is 35.0 Å². The lowest BCUT2D eigenvalue weighted by Gasteiger charge is -2.14. The zero-order valence-electron chi connectivity index (χ0n) is 17.1. The van der Waals surface area contributed by atoms with E-state index in [1.54, 1.807) is 0 Å². The van der Waals surface area contributed by atoms with E-state index in [-0.39, 0.29) is 6.79 Å². The Bertz CT molecular complexity index is 1230. The average Bonchev–Trinajstić information content (AvgIpc) is 3.55. The summed E-state index contributed by atoms with van der Waals surface area (Å²) in [6, 6.07) is 25.4. The van der Waals surface area contributed by atoms with Gasteiger partial charge in [-0.15, -0.1) is 0 Å². The van der Waals surface area contributed by atoms with Gasteiger partial charge in [-0.3, -0.25) is 0 Å². The number of rotatable bonds is 5. The molecule has 1 aromatic heterocycles. The molecule has 3 aromatic carbocycles. The number of aryl methyl sites for hydroxylation is 1. The van der Waals surface area contributed by atoms with Gasteiger partial charge in [-0.05, 0) is 54.3 Å². The van der Waals surface area contributed by atoms with Crippen LogP contribution in [0.4, 0.5) is 0 Å². The molecule has 2 heterocycles. The highest BCUT2D eigenvalue weighted by Crippen LogP contribution is 2.37. The van der Waals surface area contributed by atoms with Gasteiger partial charge in [0.05, 0.1) is 11.4 Å². The monoisotopic (exact) mass is 409 g/mol. The molecule has 31 heavy (non-hydrogen) atoms. The Kier molecular flexibility index (Phi) is 4.47. The summed E-state index contributed by atoms with van der Waals surface area (Å²) in [5.41, 5.74) is 7.07. The van der Waals surface area contributed by atoms with E-state index in [0.717, 1.165) is 53.4 Å². The maximum Gasteiger partial charge on any atom is 0.231 e. The molecule has 5 heteroatoms. The Morgan fingerprint density at radius 1 is 0.935 bits per heavy atom. The summed E-state index contributed by atoms with van der Waals surface area (Å²) in [5, 5.41) is 8.72. The van der Waals surface area contributed by atoms with E-state index >= 15 is 0 Å². The van der Waals surface area contributed by atoms with Crippen LogP contribution in [0, 0.1) is 0 Å². The maximum atomic E-state index is 5.60. The van der Waals surface area contributed by atoms with Crippen LogP contribution in [-0.4, -0.2) is 16.6 Å². The molecular formula is C26H23N3O2. The molecule has 1 aliphatic carbocycles. The SMILES string of the molecule is c1ccc(-n2cc(CNC3CCc4ccccc43)c(-c3ccc4c(c3)OCO4)n2)cc1. The summed E-state index contributed by atoms with van der Waals surface area (Å²) in [6.45, 7) is 1.02. The molecule has 6 rings (SSSR count). The fourth-order valence-corrected chi connectivity index (χ4v) is 4.54. The summed E-state index contributed by atoms with van der Waals surface area (Å²) >= 11 is 0. The van der Waals surface area contributed by atoms with Crippen LogP contribution in [0.2, 0.25) is 0 Å². The Morgan fingerprint density at radius 3 is 2.71 bits per heavy atom. The highest BCUT2D eigenvalue weighted by molar-refractivity contribution is 5.67. The van der Waals surface area contributed by atoms with Crippen LogP contribution in [-0.2, 0) is 13.0 Å². The van der Waals surface area contributed by atoms with Crippen molar-refractivity contribution in [3.63, 3.8) is 0 Å². The van der Waals surface area contributed by atoms with Crippen LogP contribution in [0.15, 0.2) is 79.0 Å². The minimum absolute atomic E-state index is 0.271. The molecule has 0 bridgehead atoms. The first-order valence-corrected chi connectivity index (χ1v) is 10.7. The van der Waals surface area contributed by atoms with Gasteiger partial charge in [0.1, 0.15) is 0 Å². The second kappa shape index (κ2) is 7.60. The second-order valence-corrected chi connectivity index (χ2v) is 8.02. The van der Waals surface area contributed by atoms with Crippen molar-refractivity contribution < 1.29 is 9.47 Å². The zero-order valence-corrected chi connectivity index (χ0v) is 17.1. The van der Waals surface area contributed by atoms with E-state index in [0.29, 0.717) is 6.04 Å². The van der Waals surface area contributed by atoms with E-state index in [9.17, 15) is 0 Å². The predicted molar refractivity (Wildman–Crippen MR) is 119 cm³/mol. The average molecular weight is 409 g/mol. The maximum absolute atomic E-state index is 5.60. The van der Waals surface area contributed by atoms with Crippen molar-refractivity contribution in [1.29, 1.82) is 0 Å². The molecule has 0 fully saturated rings. The van der Waals surface area contributed by atoms with Gasteiger partial charge in [0.2, 0.25) is 6.79 Å². The third-order valence-corrected chi connectivity index (χ3v) is 6.13. The van der Waals surface area contributed by atoms with Crippen molar-refractivity contribution in [2.24, 2.45) is 0 Å². The topological polar surface area (TPSA) is 48.3 Å². The van der Waals surface area contributed by atoms with Crippen molar-refractivity contribution in [3.8, 4) is 28.4 Å².